The summed E-state index contributed by atoms with van der Waals surface area (Å²) in [5.41, 5.74) is 2.81. The van der Waals surface area contributed by atoms with Crippen LogP contribution >= 0.6 is 0 Å². The molecule has 0 saturated carbocycles. The first kappa shape index (κ1) is 16.5. The van der Waals surface area contributed by atoms with E-state index in [0.717, 1.165) is 12.8 Å². The maximum absolute atomic E-state index is 12.2. The van der Waals surface area contributed by atoms with Gasteiger partial charge in [-0.1, -0.05) is 6.08 Å². The molecule has 3 rings (SSSR count). The molecule has 132 valence electrons. The summed E-state index contributed by atoms with van der Waals surface area (Å²) >= 11 is 0. The van der Waals surface area contributed by atoms with Crippen molar-refractivity contribution in [1.82, 2.24) is 20.3 Å². The molecule has 0 radical (unpaired) electrons. The molecule has 2 fully saturated rings. The van der Waals surface area contributed by atoms with Gasteiger partial charge in [-0.3, -0.25) is 10.0 Å². The Morgan fingerprint density at radius 2 is 2.08 bits per heavy atom. The number of hydrogen-bond donors (Lipinski definition) is 2. The number of fused-ring (bicyclic) bond motifs is 2. The minimum absolute atomic E-state index is 0.231. The Bertz CT molecular complexity index is 574. The molecule has 2 N–H and O–H groups in total. The molecule has 2 bridgehead atoms. The van der Waals surface area contributed by atoms with Crippen molar-refractivity contribution in [1.29, 1.82) is 0 Å². The van der Waals surface area contributed by atoms with E-state index in [-0.39, 0.29) is 6.54 Å². The Labute approximate surface area is 138 Å². The lowest BCUT2D eigenvalue weighted by molar-refractivity contribution is -0.146. The molecule has 0 aromatic heterocycles. The van der Waals surface area contributed by atoms with Crippen LogP contribution in [0, 0.1) is 0 Å². The summed E-state index contributed by atoms with van der Waals surface area (Å²) in [7, 11) is 0. The van der Waals surface area contributed by atoms with Crippen molar-refractivity contribution < 1.29 is 29.2 Å². The summed E-state index contributed by atoms with van der Waals surface area (Å²) in [6.45, 7) is 2.83. The fourth-order valence-electron chi connectivity index (χ4n) is 3.19. The van der Waals surface area contributed by atoms with Crippen molar-refractivity contribution in [2.24, 2.45) is 0 Å². The van der Waals surface area contributed by atoms with Crippen LogP contribution in [0.4, 0.5) is 9.59 Å². The fraction of sp³-hybridized carbons (Fsp3) is 0.643. The summed E-state index contributed by atoms with van der Waals surface area (Å²) in [6, 6.07) is -1.93. The van der Waals surface area contributed by atoms with Gasteiger partial charge >= 0.3 is 12.1 Å². The Morgan fingerprint density at radius 3 is 2.79 bits per heavy atom. The number of hydroxylamine groups is 3. The zero-order chi connectivity index (χ0) is 17.3. The van der Waals surface area contributed by atoms with E-state index in [1.807, 2.05) is 0 Å². The van der Waals surface area contributed by atoms with Gasteiger partial charge in [0.15, 0.2) is 0 Å². The maximum Gasteiger partial charge on any atom is 0.411 e. The quantitative estimate of drug-likeness (QED) is 0.246. The van der Waals surface area contributed by atoms with Gasteiger partial charge in [0.1, 0.15) is 6.04 Å². The molecule has 2 saturated heterocycles. The number of ether oxygens (including phenoxy) is 1. The van der Waals surface area contributed by atoms with Crippen LogP contribution in [0.2, 0.25) is 0 Å². The van der Waals surface area contributed by atoms with Crippen molar-refractivity contribution >= 4 is 18.0 Å². The van der Waals surface area contributed by atoms with Crippen molar-refractivity contribution in [3.63, 3.8) is 0 Å². The molecule has 4 amide bonds. The van der Waals surface area contributed by atoms with Gasteiger partial charge in [0.05, 0.1) is 12.6 Å². The minimum atomic E-state index is -0.861. The first-order valence-corrected chi connectivity index (χ1v) is 7.79. The molecule has 0 aromatic rings. The highest BCUT2D eigenvalue weighted by Gasteiger charge is 2.46. The van der Waals surface area contributed by atoms with E-state index in [0.29, 0.717) is 23.7 Å². The average molecular weight is 340 g/mol. The fourth-order valence-corrected chi connectivity index (χ4v) is 3.19. The Morgan fingerprint density at radius 1 is 1.38 bits per heavy atom. The molecule has 10 nitrogen and oxygen atoms in total. The molecule has 3 aliphatic rings. The molecule has 3 aliphatic heterocycles. The summed E-state index contributed by atoms with van der Waals surface area (Å²) in [4.78, 5) is 43.5. The van der Waals surface area contributed by atoms with Crippen LogP contribution in [-0.4, -0.2) is 76.6 Å². The standard InChI is InChI=1S/C14H20N4O6/c1-9-6-10-7-17(13(20)18(10)22)11(9)12(19)15-24-8-23-14(21)16-4-2-3-5-16/h6,10-11,22H,2-5,7-8H2,1H3,(H,15,19)/t10-,11+/m1/s1. The van der Waals surface area contributed by atoms with Crippen LogP contribution in [0.3, 0.4) is 0 Å². The van der Waals surface area contributed by atoms with Gasteiger partial charge < -0.3 is 14.5 Å². The predicted octanol–water partition coefficient (Wildman–Crippen LogP) is 0.0480. The van der Waals surface area contributed by atoms with Crippen LogP contribution in [-0.2, 0) is 14.4 Å². The molecule has 0 spiro atoms. The van der Waals surface area contributed by atoms with E-state index in [1.165, 1.54) is 4.90 Å². The Kier molecular flexibility index (Phi) is 4.58. The van der Waals surface area contributed by atoms with E-state index in [2.05, 4.69) is 5.48 Å². The van der Waals surface area contributed by atoms with Gasteiger partial charge in [-0.2, -0.15) is 5.06 Å². The number of nitrogens with zero attached hydrogens (tertiary/aromatic N) is 3. The second-order valence-electron chi connectivity index (χ2n) is 5.99. The Hall–Kier alpha value is -2.33. The third kappa shape index (κ3) is 3.02. The van der Waals surface area contributed by atoms with Gasteiger partial charge in [-0.25, -0.2) is 19.9 Å². The van der Waals surface area contributed by atoms with Gasteiger partial charge in [0.25, 0.3) is 5.91 Å². The summed E-state index contributed by atoms with van der Waals surface area (Å²) in [5, 5.41) is 10.2. The highest BCUT2D eigenvalue weighted by Crippen LogP contribution is 2.27. The SMILES string of the molecule is CC1=C[C@@H]2CN(C(=O)N2O)[C@@H]1C(=O)NOCOC(=O)N1CCCC1. The van der Waals surface area contributed by atoms with Crippen LogP contribution in [0.5, 0.6) is 0 Å². The second kappa shape index (κ2) is 6.65. The van der Waals surface area contributed by atoms with Crippen molar-refractivity contribution in [3.05, 3.63) is 11.6 Å². The van der Waals surface area contributed by atoms with Gasteiger partial charge in [-0.05, 0) is 25.3 Å². The van der Waals surface area contributed by atoms with Gasteiger partial charge in [0.2, 0.25) is 6.79 Å². The highest BCUT2D eigenvalue weighted by molar-refractivity contribution is 5.91. The number of nitrogens with one attached hydrogen (secondary N) is 1. The van der Waals surface area contributed by atoms with E-state index < -0.39 is 36.9 Å². The molecule has 0 unspecified atom stereocenters. The lowest BCUT2D eigenvalue weighted by atomic mass is 10.0. The monoisotopic (exact) mass is 340 g/mol. The molecule has 0 aromatic carbocycles. The maximum atomic E-state index is 12.2. The molecule has 0 aliphatic carbocycles. The first-order valence-electron chi connectivity index (χ1n) is 7.79. The molecule has 24 heavy (non-hydrogen) atoms. The number of carbonyl (C=O) groups is 3. The van der Waals surface area contributed by atoms with Crippen LogP contribution in [0.25, 0.3) is 0 Å². The van der Waals surface area contributed by atoms with Gasteiger partial charge in [-0.15, -0.1) is 0 Å². The minimum Gasteiger partial charge on any atom is -0.420 e. The third-order valence-electron chi connectivity index (χ3n) is 4.36. The predicted molar refractivity (Wildman–Crippen MR) is 78.4 cm³/mol. The molecule has 2 atom stereocenters. The van der Waals surface area contributed by atoms with Crippen molar-refractivity contribution in [2.45, 2.75) is 31.8 Å². The molecular formula is C14H20N4O6. The normalized spacial score (nSPS) is 25.8. The second-order valence-corrected chi connectivity index (χ2v) is 5.99. The zero-order valence-electron chi connectivity index (χ0n) is 13.3. The van der Waals surface area contributed by atoms with Gasteiger partial charge in [0, 0.05) is 13.1 Å². The van der Waals surface area contributed by atoms with E-state index in [9.17, 15) is 19.6 Å². The number of hydrogen-bond acceptors (Lipinski definition) is 6. The van der Waals surface area contributed by atoms with Crippen molar-refractivity contribution in [2.75, 3.05) is 26.4 Å². The number of amides is 4. The van der Waals surface area contributed by atoms with E-state index >= 15 is 0 Å². The Balaban J connectivity index is 1.47. The summed E-state index contributed by atoms with van der Waals surface area (Å²) < 4.78 is 4.90. The average Bonchev–Trinajstić information content (AvgIpc) is 3.16. The molecule has 10 heteroatoms. The molecule has 3 heterocycles. The smallest absolute Gasteiger partial charge is 0.411 e. The van der Waals surface area contributed by atoms with Crippen LogP contribution < -0.4 is 5.48 Å². The van der Waals surface area contributed by atoms with Crippen LogP contribution in [0.15, 0.2) is 11.6 Å². The zero-order valence-corrected chi connectivity index (χ0v) is 13.3. The van der Waals surface area contributed by atoms with Crippen molar-refractivity contribution in [3.8, 4) is 0 Å². The number of urea groups is 1. The number of likely N-dealkylation sites (tertiary alicyclic amines) is 1. The third-order valence-corrected chi connectivity index (χ3v) is 4.36. The summed E-state index contributed by atoms with van der Waals surface area (Å²) in [6.07, 6.45) is 3.09. The van der Waals surface area contributed by atoms with E-state index in [1.54, 1.807) is 17.9 Å². The van der Waals surface area contributed by atoms with E-state index in [4.69, 9.17) is 9.57 Å². The number of carbonyl (C=O) groups excluding carboxylic acids is 3. The first-order chi connectivity index (χ1) is 11.5. The number of rotatable bonds is 4. The topological polar surface area (TPSA) is 112 Å². The molecular weight excluding hydrogens is 320 g/mol. The summed E-state index contributed by atoms with van der Waals surface area (Å²) in [5.74, 6) is -0.567. The lowest BCUT2D eigenvalue weighted by Crippen LogP contribution is -2.50. The van der Waals surface area contributed by atoms with Crippen LogP contribution in [0.1, 0.15) is 19.8 Å². The highest BCUT2D eigenvalue weighted by atomic mass is 16.8. The lowest BCUT2D eigenvalue weighted by Gasteiger charge is -2.28. The largest absolute Gasteiger partial charge is 0.420 e.